The molecule has 0 saturated carbocycles. The average molecular weight is 264 g/mol. The average Bonchev–Trinajstić information content (AvgIpc) is 2.34. The predicted molar refractivity (Wildman–Crippen MR) is 76.2 cm³/mol. The second-order valence-electron chi connectivity index (χ2n) is 5.79. The molecule has 1 unspecified atom stereocenters. The van der Waals surface area contributed by atoms with Crippen molar-refractivity contribution in [2.45, 2.75) is 38.7 Å². The largest absolute Gasteiger partial charge is 0.463 e. The first kappa shape index (κ1) is 14.3. The first-order valence-corrected chi connectivity index (χ1v) is 6.72. The van der Waals surface area contributed by atoms with Gasteiger partial charge in [-0.15, -0.1) is 0 Å². The molecule has 0 aromatic heterocycles. The summed E-state index contributed by atoms with van der Waals surface area (Å²) in [5.74, 6) is 0.395. The van der Waals surface area contributed by atoms with Crippen LogP contribution in [0.15, 0.2) is 18.2 Å². The molecule has 1 heterocycles. The van der Waals surface area contributed by atoms with Gasteiger partial charge in [-0.2, -0.15) is 0 Å². The molecule has 0 bridgehead atoms. The van der Waals surface area contributed by atoms with E-state index in [0.717, 1.165) is 17.7 Å². The van der Waals surface area contributed by atoms with Crippen molar-refractivity contribution in [1.82, 2.24) is 4.90 Å². The third kappa shape index (κ3) is 3.47. The minimum Gasteiger partial charge on any atom is -0.463 e. The van der Waals surface area contributed by atoms with Gasteiger partial charge in [-0.3, -0.25) is 0 Å². The molecule has 19 heavy (non-hydrogen) atoms. The van der Waals surface area contributed by atoms with E-state index in [2.05, 4.69) is 31.1 Å². The standard InChI is InChI=1S/C15H24N2O2/c1-15(2)18-10-12-7-11(5-6-14(12)19-15)8-13(9-16)17(3)4/h5-7,13H,8-10,16H2,1-4H3. The molecule has 0 aliphatic carbocycles. The highest BCUT2D eigenvalue weighted by Gasteiger charge is 2.27. The second-order valence-corrected chi connectivity index (χ2v) is 5.79. The lowest BCUT2D eigenvalue weighted by atomic mass is 10.0. The molecule has 0 saturated heterocycles. The third-order valence-electron chi connectivity index (χ3n) is 3.53. The monoisotopic (exact) mass is 264 g/mol. The van der Waals surface area contributed by atoms with Gasteiger partial charge in [-0.05, 0) is 38.2 Å². The summed E-state index contributed by atoms with van der Waals surface area (Å²) in [7, 11) is 4.12. The Hall–Kier alpha value is -1.10. The van der Waals surface area contributed by atoms with Crippen molar-refractivity contribution >= 4 is 0 Å². The van der Waals surface area contributed by atoms with E-state index in [1.807, 2.05) is 19.9 Å². The van der Waals surface area contributed by atoms with Gasteiger partial charge >= 0.3 is 0 Å². The zero-order valence-electron chi connectivity index (χ0n) is 12.3. The van der Waals surface area contributed by atoms with Gasteiger partial charge in [-0.1, -0.05) is 6.07 Å². The van der Waals surface area contributed by atoms with Gasteiger partial charge in [-0.25, -0.2) is 0 Å². The molecule has 1 aromatic carbocycles. The number of nitrogens with two attached hydrogens (primary N) is 1. The Balaban J connectivity index is 2.14. The highest BCUT2D eigenvalue weighted by molar-refractivity contribution is 5.38. The zero-order chi connectivity index (χ0) is 14.0. The second kappa shape index (κ2) is 5.49. The molecule has 0 radical (unpaired) electrons. The van der Waals surface area contributed by atoms with E-state index in [1.165, 1.54) is 5.56 Å². The van der Waals surface area contributed by atoms with Gasteiger partial charge in [0, 0.05) is 32.0 Å². The van der Waals surface area contributed by atoms with Gasteiger partial charge in [0.25, 0.3) is 0 Å². The highest BCUT2D eigenvalue weighted by atomic mass is 16.7. The Bertz CT molecular complexity index is 444. The van der Waals surface area contributed by atoms with Crippen LogP contribution in [0.4, 0.5) is 0 Å². The molecule has 106 valence electrons. The summed E-state index contributed by atoms with van der Waals surface area (Å²) in [6, 6.07) is 6.68. The van der Waals surface area contributed by atoms with E-state index in [1.54, 1.807) is 0 Å². The number of hydrogen-bond donors (Lipinski definition) is 1. The molecule has 1 aromatic rings. The first-order valence-electron chi connectivity index (χ1n) is 6.72. The van der Waals surface area contributed by atoms with Crippen molar-refractivity contribution in [2.24, 2.45) is 5.73 Å². The summed E-state index contributed by atoms with van der Waals surface area (Å²) in [6.45, 7) is 5.12. The van der Waals surface area contributed by atoms with Crippen LogP contribution in [0.2, 0.25) is 0 Å². The Morgan fingerprint density at radius 3 is 2.74 bits per heavy atom. The predicted octanol–water partition coefficient (Wildman–Crippen LogP) is 1.76. The number of benzene rings is 1. The zero-order valence-corrected chi connectivity index (χ0v) is 12.3. The fourth-order valence-corrected chi connectivity index (χ4v) is 2.27. The number of likely N-dealkylation sites (N-methyl/N-ethyl adjacent to an activating group) is 1. The molecular formula is C15H24N2O2. The molecule has 1 atom stereocenters. The van der Waals surface area contributed by atoms with Crippen LogP contribution in [0.5, 0.6) is 5.75 Å². The maximum absolute atomic E-state index is 5.80. The maximum atomic E-state index is 5.80. The lowest BCUT2D eigenvalue weighted by Crippen LogP contribution is -2.37. The summed E-state index contributed by atoms with van der Waals surface area (Å²) in [6.07, 6.45) is 0.945. The summed E-state index contributed by atoms with van der Waals surface area (Å²) in [5, 5.41) is 0. The minimum atomic E-state index is -0.530. The molecule has 1 aliphatic heterocycles. The SMILES string of the molecule is CN(C)C(CN)Cc1ccc2c(c1)COC(C)(C)O2. The quantitative estimate of drug-likeness (QED) is 0.900. The summed E-state index contributed by atoms with van der Waals surface area (Å²) in [5.41, 5.74) is 8.19. The molecule has 0 amide bonds. The molecule has 0 spiro atoms. The van der Waals surface area contributed by atoms with E-state index < -0.39 is 5.79 Å². The van der Waals surface area contributed by atoms with E-state index in [4.69, 9.17) is 15.2 Å². The van der Waals surface area contributed by atoms with Crippen LogP contribution in [0.1, 0.15) is 25.0 Å². The first-order chi connectivity index (χ1) is 8.91. The molecular weight excluding hydrogens is 240 g/mol. The van der Waals surface area contributed by atoms with Gasteiger partial charge in [0.15, 0.2) is 0 Å². The van der Waals surface area contributed by atoms with Crippen molar-refractivity contribution in [1.29, 1.82) is 0 Å². The molecule has 0 fully saturated rings. The summed E-state index contributed by atoms with van der Waals surface area (Å²) >= 11 is 0. The summed E-state index contributed by atoms with van der Waals surface area (Å²) in [4.78, 5) is 2.16. The Morgan fingerprint density at radius 1 is 1.37 bits per heavy atom. The van der Waals surface area contributed by atoms with Crippen LogP contribution in [-0.2, 0) is 17.8 Å². The number of rotatable bonds is 4. The Kier molecular flexibility index (Phi) is 4.13. The lowest BCUT2D eigenvalue weighted by Gasteiger charge is -2.33. The number of fused-ring (bicyclic) bond motifs is 1. The van der Waals surface area contributed by atoms with Crippen LogP contribution in [0.25, 0.3) is 0 Å². The van der Waals surface area contributed by atoms with Gasteiger partial charge < -0.3 is 20.1 Å². The van der Waals surface area contributed by atoms with E-state index in [9.17, 15) is 0 Å². The van der Waals surface area contributed by atoms with Gasteiger partial charge in [0.05, 0.1) is 6.61 Å². The molecule has 4 nitrogen and oxygen atoms in total. The third-order valence-corrected chi connectivity index (χ3v) is 3.53. The Morgan fingerprint density at radius 2 is 2.11 bits per heavy atom. The summed E-state index contributed by atoms with van der Waals surface area (Å²) < 4.78 is 11.5. The lowest BCUT2D eigenvalue weighted by molar-refractivity contribution is -0.180. The van der Waals surface area contributed by atoms with Crippen molar-refractivity contribution in [3.8, 4) is 5.75 Å². The van der Waals surface area contributed by atoms with Crippen LogP contribution < -0.4 is 10.5 Å². The number of ether oxygens (including phenoxy) is 2. The number of nitrogens with zero attached hydrogens (tertiary/aromatic N) is 1. The van der Waals surface area contributed by atoms with Crippen LogP contribution in [0.3, 0.4) is 0 Å². The minimum absolute atomic E-state index is 0.361. The molecule has 4 heteroatoms. The smallest absolute Gasteiger partial charge is 0.205 e. The van der Waals surface area contributed by atoms with Gasteiger partial charge in [0.1, 0.15) is 5.75 Å². The van der Waals surface area contributed by atoms with E-state index >= 15 is 0 Å². The fraction of sp³-hybridized carbons (Fsp3) is 0.600. The van der Waals surface area contributed by atoms with Crippen molar-refractivity contribution in [3.63, 3.8) is 0 Å². The van der Waals surface area contributed by atoms with Crippen molar-refractivity contribution in [3.05, 3.63) is 29.3 Å². The normalized spacial score (nSPS) is 18.8. The van der Waals surface area contributed by atoms with Crippen LogP contribution in [0, 0.1) is 0 Å². The molecule has 2 N–H and O–H groups in total. The topological polar surface area (TPSA) is 47.7 Å². The van der Waals surface area contributed by atoms with E-state index in [0.29, 0.717) is 19.2 Å². The fourth-order valence-electron chi connectivity index (χ4n) is 2.27. The Labute approximate surface area is 115 Å². The molecule has 2 rings (SSSR count). The van der Waals surface area contributed by atoms with Crippen LogP contribution in [-0.4, -0.2) is 37.4 Å². The van der Waals surface area contributed by atoms with Crippen molar-refractivity contribution < 1.29 is 9.47 Å². The van der Waals surface area contributed by atoms with Crippen LogP contribution >= 0.6 is 0 Å². The van der Waals surface area contributed by atoms with Gasteiger partial charge in [0.2, 0.25) is 5.79 Å². The highest BCUT2D eigenvalue weighted by Crippen LogP contribution is 2.31. The number of hydrogen-bond acceptors (Lipinski definition) is 4. The maximum Gasteiger partial charge on any atom is 0.205 e. The van der Waals surface area contributed by atoms with E-state index in [-0.39, 0.29) is 0 Å². The molecule has 1 aliphatic rings. The van der Waals surface area contributed by atoms with Crippen molar-refractivity contribution in [2.75, 3.05) is 20.6 Å².